The third kappa shape index (κ3) is 6.95. The van der Waals surface area contributed by atoms with Crippen molar-refractivity contribution in [3.8, 4) is 0 Å². The Morgan fingerprint density at radius 3 is 2.30 bits per heavy atom. The summed E-state index contributed by atoms with van der Waals surface area (Å²) in [7, 11) is 3.09. The molecule has 0 aliphatic rings. The van der Waals surface area contributed by atoms with Crippen molar-refractivity contribution in [3.05, 3.63) is 30.1 Å². The first-order chi connectivity index (χ1) is 12.7. The third-order valence-corrected chi connectivity index (χ3v) is 3.94. The molecule has 0 aliphatic heterocycles. The highest BCUT2D eigenvalue weighted by Gasteiger charge is 2.25. The molecule has 0 fully saturated rings. The predicted molar refractivity (Wildman–Crippen MR) is 99.3 cm³/mol. The second-order valence-corrected chi connectivity index (χ2v) is 6.36. The number of halogens is 1. The van der Waals surface area contributed by atoms with Crippen molar-refractivity contribution in [2.75, 3.05) is 32.1 Å². The van der Waals surface area contributed by atoms with E-state index in [4.69, 9.17) is 5.73 Å². The van der Waals surface area contributed by atoms with E-state index < -0.39 is 36.3 Å². The van der Waals surface area contributed by atoms with Gasteiger partial charge in [0.15, 0.2) is 0 Å². The lowest BCUT2D eigenvalue weighted by molar-refractivity contribution is -0.132. The molecule has 4 N–H and O–H groups in total. The Hall–Kier alpha value is -2.52. The number of carbonyl (C=O) groups excluding carboxylic acids is 3. The number of nitrogens with one attached hydrogen (secondary N) is 1. The Balaban J connectivity index is 2.83. The van der Waals surface area contributed by atoms with Crippen LogP contribution in [0.3, 0.4) is 0 Å². The molecule has 2 atom stereocenters. The number of likely N-dealkylation sites (N-methyl/N-ethyl adjacent to an activating group) is 1. The number of nitrogens with two attached hydrogens (primary N) is 1. The van der Waals surface area contributed by atoms with Crippen molar-refractivity contribution >= 4 is 23.4 Å². The molecule has 1 rings (SSSR count). The highest BCUT2D eigenvalue weighted by Crippen LogP contribution is 2.15. The number of anilines is 1. The standard InChI is InChI=1S/C18H27FN4O4/c1-4-5-14(20)17(26)18(27)21-10-15(24)23(11-16(25)22(2)3)13-8-6-12(19)7-9-13/h6-9,14,17,26H,4-5,10-11,20H2,1-3H3,(H,21,27)/t14-,17?/m0/s1. The van der Waals surface area contributed by atoms with Crippen molar-refractivity contribution in [1.82, 2.24) is 10.2 Å². The van der Waals surface area contributed by atoms with Crippen LogP contribution in [0.2, 0.25) is 0 Å². The number of hydrogen-bond acceptors (Lipinski definition) is 5. The van der Waals surface area contributed by atoms with Gasteiger partial charge in [-0.1, -0.05) is 13.3 Å². The number of nitrogens with zero attached hydrogens (tertiary/aromatic N) is 2. The van der Waals surface area contributed by atoms with Crippen LogP contribution in [0, 0.1) is 5.82 Å². The van der Waals surface area contributed by atoms with E-state index in [1.807, 2.05) is 6.92 Å². The Bertz CT molecular complexity index is 651. The number of amides is 3. The molecule has 1 aromatic carbocycles. The number of aliphatic hydroxyl groups excluding tert-OH is 1. The van der Waals surface area contributed by atoms with Crippen LogP contribution in [0.25, 0.3) is 0 Å². The van der Waals surface area contributed by atoms with Gasteiger partial charge in [-0.05, 0) is 30.7 Å². The summed E-state index contributed by atoms with van der Waals surface area (Å²) < 4.78 is 13.1. The average Bonchev–Trinajstić information content (AvgIpc) is 2.63. The largest absolute Gasteiger partial charge is 0.382 e. The van der Waals surface area contributed by atoms with E-state index >= 15 is 0 Å². The molecular weight excluding hydrogens is 355 g/mol. The Morgan fingerprint density at radius 2 is 1.78 bits per heavy atom. The molecule has 0 aliphatic carbocycles. The fraction of sp³-hybridized carbons (Fsp3) is 0.500. The molecular formula is C18H27FN4O4. The van der Waals surface area contributed by atoms with Crippen LogP contribution in [-0.4, -0.2) is 67.1 Å². The maximum Gasteiger partial charge on any atom is 0.250 e. The van der Waals surface area contributed by atoms with Gasteiger partial charge in [0.2, 0.25) is 11.8 Å². The van der Waals surface area contributed by atoms with Crippen molar-refractivity contribution in [2.45, 2.75) is 31.9 Å². The summed E-state index contributed by atoms with van der Waals surface area (Å²) in [4.78, 5) is 39.0. The van der Waals surface area contributed by atoms with Gasteiger partial charge in [-0.25, -0.2) is 4.39 Å². The SMILES string of the molecule is CCC[C@H](N)C(O)C(=O)NCC(=O)N(CC(=O)N(C)C)c1ccc(F)cc1. The normalized spacial score (nSPS) is 12.8. The topological polar surface area (TPSA) is 116 Å². The smallest absolute Gasteiger partial charge is 0.250 e. The van der Waals surface area contributed by atoms with E-state index in [0.717, 1.165) is 4.90 Å². The first-order valence-corrected chi connectivity index (χ1v) is 8.64. The summed E-state index contributed by atoms with van der Waals surface area (Å²) in [6, 6.07) is 4.34. The van der Waals surface area contributed by atoms with Crippen molar-refractivity contribution in [3.63, 3.8) is 0 Å². The summed E-state index contributed by atoms with van der Waals surface area (Å²) >= 11 is 0. The van der Waals surface area contributed by atoms with Gasteiger partial charge in [-0.2, -0.15) is 0 Å². The Labute approximate surface area is 158 Å². The van der Waals surface area contributed by atoms with E-state index in [0.29, 0.717) is 18.5 Å². The number of rotatable bonds is 9. The fourth-order valence-corrected chi connectivity index (χ4v) is 2.27. The molecule has 3 amide bonds. The molecule has 0 aromatic heterocycles. The molecule has 150 valence electrons. The number of aliphatic hydroxyl groups is 1. The fourth-order valence-electron chi connectivity index (χ4n) is 2.27. The molecule has 9 heteroatoms. The molecule has 0 heterocycles. The maximum atomic E-state index is 13.1. The summed E-state index contributed by atoms with van der Waals surface area (Å²) in [6.07, 6.45) is -0.266. The Morgan fingerprint density at radius 1 is 1.19 bits per heavy atom. The molecule has 0 radical (unpaired) electrons. The molecule has 1 unspecified atom stereocenters. The van der Waals surface area contributed by atoms with E-state index in [2.05, 4.69) is 5.32 Å². The van der Waals surface area contributed by atoms with Gasteiger partial charge in [0.05, 0.1) is 6.54 Å². The Kier molecular flexibility index (Phi) is 8.83. The van der Waals surface area contributed by atoms with Crippen molar-refractivity contribution in [1.29, 1.82) is 0 Å². The highest BCUT2D eigenvalue weighted by molar-refractivity contribution is 6.01. The lowest BCUT2D eigenvalue weighted by Crippen LogP contribution is -2.50. The highest BCUT2D eigenvalue weighted by atomic mass is 19.1. The second kappa shape index (κ2) is 10.6. The van der Waals surface area contributed by atoms with Gasteiger partial charge in [0, 0.05) is 25.8 Å². The quantitative estimate of drug-likeness (QED) is 0.549. The molecule has 0 saturated carbocycles. The second-order valence-electron chi connectivity index (χ2n) is 6.36. The zero-order valence-electron chi connectivity index (χ0n) is 15.8. The van der Waals surface area contributed by atoms with Crippen LogP contribution in [0.15, 0.2) is 24.3 Å². The van der Waals surface area contributed by atoms with Gasteiger partial charge in [-0.3, -0.25) is 14.4 Å². The number of hydrogen-bond donors (Lipinski definition) is 3. The molecule has 1 aromatic rings. The zero-order chi connectivity index (χ0) is 20.6. The van der Waals surface area contributed by atoms with Gasteiger partial charge >= 0.3 is 0 Å². The van der Waals surface area contributed by atoms with Gasteiger partial charge in [0.1, 0.15) is 18.5 Å². The molecule has 0 saturated heterocycles. The summed E-state index contributed by atoms with van der Waals surface area (Å²) in [5.41, 5.74) is 6.02. The van der Waals surface area contributed by atoms with Crippen LogP contribution in [0.4, 0.5) is 10.1 Å². The average molecular weight is 382 g/mol. The van der Waals surface area contributed by atoms with E-state index in [9.17, 15) is 23.9 Å². The molecule has 27 heavy (non-hydrogen) atoms. The van der Waals surface area contributed by atoms with Gasteiger partial charge in [0.25, 0.3) is 5.91 Å². The molecule has 0 spiro atoms. The lowest BCUT2D eigenvalue weighted by atomic mass is 10.1. The van der Waals surface area contributed by atoms with Crippen LogP contribution in [0.5, 0.6) is 0 Å². The zero-order valence-corrected chi connectivity index (χ0v) is 15.8. The van der Waals surface area contributed by atoms with Crippen LogP contribution >= 0.6 is 0 Å². The van der Waals surface area contributed by atoms with E-state index in [1.165, 1.54) is 29.2 Å². The predicted octanol–water partition coefficient (Wildman–Crippen LogP) is -0.149. The summed E-state index contributed by atoms with van der Waals surface area (Å²) in [6.45, 7) is 1.16. The van der Waals surface area contributed by atoms with Crippen molar-refractivity contribution < 1.29 is 23.9 Å². The van der Waals surface area contributed by atoms with Crippen LogP contribution in [0.1, 0.15) is 19.8 Å². The van der Waals surface area contributed by atoms with Gasteiger partial charge < -0.3 is 26.0 Å². The maximum absolute atomic E-state index is 13.1. The van der Waals surface area contributed by atoms with Crippen LogP contribution in [-0.2, 0) is 14.4 Å². The first kappa shape index (κ1) is 22.5. The van der Waals surface area contributed by atoms with Gasteiger partial charge in [-0.15, -0.1) is 0 Å². The lowest BCUT2D eigenvalue weighted by Gasteiger charge is -2.25. The minimum Gasteiger partial charge on any atom is -0.382 e. The monoisotopic (exact) mass is 382 g/mol. The summed E-state index contributed by atoms with van der Waals surface area (Å²) in [5.74, 6) is -2.17. The van der Waals surface area contributed by atoms with E-state index in [-0.39, 0.29) is 12.5 Å². The summed E-state index contributed by atoms with van der Waals surface area (Å²) in [5, 5.41) is 12.2. The molecule has 0 bridgehead atoms. The number of benzene rings is 1. The number of carbonyl (C=O) groups is 3. The van der Waals surface area contributed by atoms with E-state index in [1.54, 1.807) is 14.1 Å². The minimum atomic E-state index is -1.43. The first-order valence-electron chi connectivity index (χ1n) is 8.64. The van der Waals surface area contributed by atoms with Crippen molar-refractivity contribution in [2.24, 2.45) is 5.73 Å². The minimum absolute atomic E-state index is 0.273. The third-order valence-electron chi connectivity index (χ3n) is 3.94. The van der Waals surface area contributed by atoms with Crippen LogP contribution < -0.4 is 16.0 Å². The molecule has 8 nitrogen and oxygen atoms in total.